The Morgan fingerprint density at radius 2 is 2.00 bits per heavy atom. The molecule has 0 spiro atoms. The first-order chi connectivity index (χ1) is 7.48. The molecule has 0 fully saturated rings. The standard InChI is InChI=1S/C14H22N2/c1-14(2,3)11-6-7-12-13(10-11)16(4)9-5-8-15-12/h6-7,10,15H,5,8-9H2,1-4H3. The summed E-state index contributed by atoms with van der Waals surface area (Å²) in [7, 11) is 2.18. The predicted molar refractivity (Wildman–Crippen MR) is 71.5 cm³/mol. The second-order valence-electron chi connectivity index (χ2n) is 5.68. The summed E-state index contributed by atoms with van der Waals surface area (Å²) in [4.78, 5) is 2.35. The Kier molecular flexibility index (Phi) is 2.83. The summed E-state index contributed by atoms with van der Waals surface area (Å²) < 4.78 is 0. The maximum atomic E-state index is 3.49. The highest BCUT2D eigenvalue weighted by Crippen LogP contribution is 2.33. The minimum absolute atomic E-state index is 0.224. The van der Waals surface area contributed by atoms with Crippen molar-refractivity contribution in [1.82, 2.24) is 0 Å². The fourth-order valence-electron chi connectivity index (χ4n) is 2.12. The van der Waals surface area contributed by atoms with E-state index in [0.29, 0.717) is 0 Å². The zero-order valence-corrected chi connectivity index (χ0v) is 10.8. The Morgan fingerprint density at radius 3 is 2.69 bits per heavy atom. The van der Waals surface area contributed by atoms with Crippen LogP contribution in [0.3, 0.4) is 0 Å². The molecule has 2 rings (SSSR count). The highest BCUT2D eigenvalue weighted by molar-refractivity contribution is 5.71. The number of benzene rings is 1. The minimum Gasteiger partial charge on any atom is -0.383 e. The van der Waals surface area contributed by atoms with Gasteiger partial charge in [0.15, 0.2) is 0 Å². The number of fused-ring (bicyclic) bond motifs is 1. The van der Waals surface area contributed by atoms with Crippen LogP contribution in [-0.2, 0) is 5.41 Å². The summed E-state index contributed by atoms with van der Waals surface area (Å²) in [6.45, 7) is 9.00. The Balaban J connectivity index is 2.43. The van der Waals surface area contributed by atoms with Gasteiger partial charge in [-0.15, -0.1) is 0 Å². The van der Waals surface area contributed by atoms with Gasteiger partial charge >= 0.3 is 0 Å². The fourth-order valence-corrected chi connectivity index (χ4v) is 2.12. The number of hydrogen-bond acceptors (Lipinski definition) is 2. The highest BCUT2D eigenvalue weighted by atomic mass is 15.1. The lowest BCUT2D eigenvalue weighted by Crippen LogP contribution is -2.19. The van der Waals surface area contributed by atoms with E-state index in [9.17, 15) is 0 Å². The van der Waals surface area contributed by atoms with Crippen molar-refractivity contribution in [3.8, 4) is 0 Å². The molecule has 0 bridgehead atoms. The maximum Gasteiger partial charge on any atom is 0.0602 e. The van der Waals surface area contributed by atoms with Crippen molar-refractivity contribution in [2.45, 2.75) is 32.6 Å². The van der Waals surface area contributed by atoms with Crippen LogP contribution in [-0.4, -0.2) is 20.1 Å². The molecule has 1 N–H and O–H groups in total. The quantitative estimate of drug-likeness (QED) is 0.719. The van der Waals surface area contributed by atoms with E-state index in [1.54, 1.807) is 0 Å². The Morgan fingerprint density at radius 1 is 1.25 bits per heavy atom. The van der Waals surface area contributed by atoms with E-state index < -0.39 is 0 Å². The largest absolute Gasteiger partial charge is 0.383 e. The third-order valence-electron chi connectivity index (χ3n) is 3.26. The van der Waals surface area contributed by atoms with Gasteiger partial charge in [-0.2, -0.15) is 0 Å². The third kappa shape index (κ3) is 2.16. The van der Waals surface area contributed by atoms with Gasteiger partial charge in [0.1, 0.15) is 0 Å². The van der Waals surface area contributed by atoms with Crippen LogP contribution in [0.25, 0.3) is 0 Å². The number of nitrogens with one attached hydrogen (secondary N) is 1. The van der Waals surface area contributed by atoms with Gasteiger partial charge in [0.05, 0.1) is 11.4 Å². The summed E-state index contributed by atoms with van der Waals surface area (Å²) in [6, 6.07) is 6.79. The molecule has 0 radical (unpaired) electrons. The van der Waals surface area contributed by atoms with Gasteiger partial charge in [-0.25, -0.2) is 0 Å². The number of anilines is 2. The van der Waals surface area contributed by atoms with Gasteiger partial charge in [-0.05, 0) is 29.5 Å². The lowest BCUT2D eigenvalue weighted by molar-refractivity contribution is 0.590. The zero-order chi connectivity index (χ0) is 11.8. The van der Waals surface area contributed by atoms with E-state index in [-0.39, 0.29) is 5.41 Å². The van der Waals surface area contributed by atoms with Crippen LogP contribution in [0.15, 0.2) is 18.2 Å². The van der Waals surface area contributed by atoms with E-state index in [0.717, 1.165) is 13.1 Å². The maximum absolute atomic E-state index is 3.49. The van der Waals surface area contributed by atoms with Gasteiger partial charge in [0.2, 0.25) is 0 Å². The molecule has 1 aromatic rings. The van der Waals surface area contributed by atoms with Crippen LogP contribution in [0.2, 0.25) is 0 Å². The van der Waals surface area contributed by atoms with Crippen LogP contribution < -0.4 is 10.2 Å². The molecule has 0 amide bonds. The van der Waals surface area contributed by atoms with Crippen molar-refractivity contribution in [2.24, 2.45) is 0 Å². The molecular weight excluding hydrogens is 196 g/mol. The average Bonchev–Trinajstić information content (AvgIpc) is 2.39. The molecule has 0 aromatic heterocycles. The molecule has 0 saturated carbocycles. The smallest absolute Gasteiger partial charge is 0.0602 e. The summed E-state index contributed by atoms with van der Waals surface area (Å²) in [5.74, 6) is 0. The molecule has 1 aromatic carbocycles. The van der Waals surface area contributed by atoms with Crippen molar-refractivity contribution in [3.63, 3.8) is 0 Å². The first-order valence-corrected chi connectivity index (χ1v) is 6.08. The molecule has 0 unspecified atom stereocenters. The van der Waals surface area contributed by atoms with Crippen molar-refractivity contribution in [1.29, 1.82) is 0 Å². The first-order valence-electron chi connectivity index (χ1n) is 6.08. The van der Waals surface area contributed by atoms with Crippen LogP contribution in [0.5, 0.6) is 0 Å². The molecule has 2 heteroatoms. The van der Waals surface area contributed by atoms with Crippen molar-refractivity contribution < 1.29 is 0 Å². The Hall–Kier alpha value is -1.18. The molecule has 0 aliphatic carbocycles. The average molecular weight is 218 g/mol. The van der Waals surface area contributed by atoms with E-state index in [1.807, 2.05) is 0 Å². The van der Waals surface area contributed by atoms with Crippen LogP contribution >= 0.6 is 0 Å². The van der Waals surface area contributed by atoms with E-state index in [1.165, 1.54) is 23.4 Å². The Labute approximate surface area is 98.7 Å². The highest BCUT2D eigenvalue weighted by Gasteiger charge is 2.18. The first kappa shape index (κ1) is 11.3. The SMILES string of the molecule is CN1CCCNc2ccc(C(C)(C)C)cc21. The number of rotatable bonds is 0. The second-order valence-corrected chi connectivity index (χ2v) is 5.68. The normalized spacial score (nSPS) is 16.4. The molecule has 1 aliphatic rings. The van der Waals surface area contributed by atoms with Gasteiger partial charge in [-0.3, -0.25) is 0 Å². The van der Waals surface area contributed by atoms with E-state index in [2.05, 4.69) is 56.2 Å². The molecular formula is C14H22N2. The van der Waals surface area contributed by atoms with Gasteiger partial charge in [0, 0.05) is 20.1 Å². The number of hydrogen-bond donors (Lipinski definition) is 1. The van der Waals surface area contributed by atoms with Crippen molar-refractivity contribution in [3.05, 3.63) is 23.8 Å². The van der Waals surface area contributed by atoms with E-state index >= 15 is 0 Å². The molecule has 0 saturated heterocycles. The van der Waals surface area contributed by atoms with Gasteiger partial charge < -0.3 is 10.2 Å². The topological polar surface area (TPSA) is 15.3 Å². The summed E-state index contributed by atoms with van der Waals surface area (Å²) in [6.07, 6.45) is 1.20. The molecule has 0 atom stereocenters. The number of nitrogens with zero attached hydrogens (tertiary/aromatic N) is 1. The van der Waals surface area contributed by atoms with Crippen LogP contribution in [0, 0.1) is 0 Å². The summed E-state index contributed by atoms with van der Waals surface area (Å²) >= 11 is 0. The summed E-state index contributed by atoms with van der Waals surface area (Å²) in [5, 5.41) is 3.49. The molecule has 2 nitrogen and oxygen atoms in total. The zero-order valence-electron chi connectivity index (χ0n) is 10.8. The predicted octanol–water partition coefficient (Wildman–Crippen LogP) is 3.24. The van der Waals surface area contributed by atoms with E-state index in [4.69, 9.17) is 0 Å². The molecule has 88 valence electrons. The van der Waals surface area contributed by atoms with Crippen LogP contribution in [0.1, 0.15) is 32.8 Å². The van der Waals surface area contributed by atoms with Crippen molar-refractivity contribution >= 4 is 11.4 Å². The summed E-state index contributed by atoms with van der Waals surface area (Å²) in [5.41, 5.74) is 4.24. The van der Waals surface area contributed by atoms with Gasteiger partial charge in [0.25, 0.3) is 0 Å². The lowest BCUT2D eigenvalue weighted by Gasteiger charge is -2.24. The molecule has 1 heterocycles. The second kappa shape index (κ2) is 4.00. The Bertz CT molecular complexity index is 377. The molecule has 1 aliphatic heterocycles. The van der Waals surface area contributed by atoms with Crippen molar-refractivity contribution in [2.75, 3.05) is 30.4 Å². The van der Waals surface area contributed by atoms with Crippen LogP contribution in [0.4, 0.5) is 11.4 Å². The fraction of sp³-hybridized carbons (Fsp3) is 0.571. The molecule has 16 heavy (non-hydrogen) atoms. The monoisotopic (exact) mass is 218 g/mol. The minimum atomic E-state index is 0.224. The van der Waals surface area contributed by atoms with Gasteiger partial charge in [-0.1, -0.05) is 26.8 Å². The lowest BCUT2D eigenvalue weighted by atomic mass is 9.86. The third-order valence-corrected chi connectivity index (χ3v) is 3.26.